The Hall–Kier alpha value is -1.56. The first-order valence-corrected chi connectivity index (χ1v) is 5.89. The second-order valence-electron chi connectivity index (χ2n) is 3.34. The number of carbonyl (C=O) groups excluding carboxylic acids is 1. The molecule has 1 aromatic rings. The van der Waals surface area contributed by atoms with Crippen molar-refractivity contribution in [1.82, 2.24) is 5.32 Å². The summed E-state index contributed by atoms with van der Waals surface area (Å²) >= 11 is 1.58. The minimum Gasteiger partial charge on any atom is -0.409 e. The molecule has 0 aliphatic rings. The summed E-state index contributed by atoms with van der Waals surface area (Å²) in [7, 11) is 0. The van der Waals surface area contributed by atoms with Crippen LogP contribution in [0.3, 0.4) is 0 Å². The molecule has 1 rings (SSSR count). The van der Waals surface area contributed by atoms with E-state index in [1.165, 1.54) is 0 Å². The van der Waals surface area contributed by atoms with Gasteiger partial charge in [-0.3, -0.25) is 4.79 Å². The van der Waals surface area contributed by atoms with Gasteiger partial charge in [-0.15, -0.1) is 0 Å². The van der Waals surface area contributed by atoms with Gasteiger partial charge in [0.25, 0.3) is 0 Å². The molecule has 0 spiro atoms. The monoisotopic (exact) mass is 241 g/mol. The van der Waals surface area contributed by atoms with Crippen LogP contribution in [0.5, 0.6) is 0 Å². The molecule has 0 radical (unpaired) electrons. The highest BCUT2D eigenvalue weighted by Gasteiger charge is 2.20. The Bertz CT molecular complexity index is 362. The molecule has 88 valence electrons. The lowest BCUT2D eigenvalue weighted by Crippen LogP contribution is -2.38. The summed E-state index contributed by atoms with van der Waals surface area (Å²) in [5.41, 5.74) is 6.47. The van der Waals surface area contributed by atoms with Crippen molar-refractivity contribution < 1.29 is 10.0 Å². The van der Waals surface area contributed by atoms with E-state index >= 15 is 0 Å². The van der Waals surface area contributed by atoms with Crippen LogP contribution in [0, 0.1) is 5.92 Å². The smallest absolute Gasteiger partial charge is 0.231 e. The standard InChI is InChI=1S/C10H15N3O2S/c1-2-8(9(11)13-15)10(14)12-5-7-3-4-16-6-7/h3-4,6,8,15H,2,5H2,1H3,(H2,11,13)(H,12,14). The number of hydrogen-bond acceptors (Lipinski definition) is 4. The molecule has 1 heterocycles. The minimum atomic E-state index is -0.566. The Morgan fingerprint density at radius 3 is 3.00 bits per heavy atom. The Labute approximate surface area is 98.0 Å². The van der Waals surface area contributed by atoms with Crippen molar-refractivity contribution >= 4 is 23.1 Å². The van der Waals surface area contributed by atoms with E-state index in [9.17, 15) is 4.79 Å². The molecule has 1 unspecified atom stereocenters. The molecule has 1 amide bonds. The average molecular weight is 241 g/mol. The van der Waals surface area contributed by atoms with E-state index in [-0.39, 0.29) is 11.7 Å². The lowest BCUT2D eigenvalue weighted by atomic mass is 10.0. The van der Waals surface area contributed by atoms with E-state index in [1.807, 2.05) is 23.8 Å². The first kappa shape index (κ1) is 12.5. The van der Waals surface area contributed by atoms with E-state index in [0.29, 0.717) is 13.0 Å². The van der Waals surface area contributed by atoms with Crippen molar-refractivity contribution in [2.24, 2.45) is 16.8 Å². The molecule has 0 fully saturated rings. The van der Waals surface area contributed by atoms with Crippen LogP contribution in [-0.2, 0) is 11.3 Å². The molecule has 5 nitrogen and oxygen atoms in total. The van der Waals surface area contributed by atoms with Crippen molar-refractivity contribution in [2.45, 2.75) is 19.9 Å². The van der Waals surface area contributed by atoms with Crippen LogP contribution in [0.4, 0.5) is 0 Å². The summed E-state index contributed by atoms with van der Waals surface area (Å²) in [4.78, 5) is 11.7. The zero-order valence-electron chi connectivity index (χ0n) is 9.01. The lowest BCUT2D eigenvalue weighted by molar-refractivity contribution is -0.123. The fraction of sp³-hybridized carbons (Fsp3) is 0.400. The highest BCUT2D eigenvalue weighted by atomic mass is 32.1. The average Bonchev–Trinajstić information content (AvgIpc) is 2.79. The number of nitrogens with two attached hydrogens (primary N) is 1. The predicted octanol–water partition coefficient (Wildman–Crippen LogP) is 1.14. The van der Waals surface area contributed by atoms with Crippen molar-refractivity contribution in [1.29, 1.82) is 0 Å². The molecule has 0 saturated carbocycles. The van der Waals surface area contributed by atoms with Crippen molar-refractivity contribution in [2.75, 3.05) is 0 Å². The number of rotatable bonds is 5. The van der Waals surface area contributed by atoms with Gasteiger partial charge in [0.15, 0.2) is 5.84 Å². The third-order valence-electron chi connectivity index (χ3n) is 2.24. The van der Waals surface area contributed by atoms with Crippen LogP contribution in [0.15, 0.2) is 22.0 Å². The van der Waals surface area contributed by atoms with E-state index < -0.39 is 5.92 Å². The molecule has 1 aromatic heterocycles. The summed E-state index contributed by atoms with van der Waals surface area (Å²) in [6.45, 7) is 2.28. The van der Waals surface area contributed by atoms with Gasteiger partial charge in [0, 0.05) is 6.54 Å². The molecule has 0 aromatic carbocycles. The molecule has 4 N–H and O–H groups in total. The zero-order chi connectivity index (χ0) is 12.0. The topological polar surface area (TPSA) is 87.7 Å². The SMILES string of the molecule is CCC(C(=O)NCc1ccsc1)C(N)=NO. The van der Waals surface area contributed by atoms with E-state index in [4.69, 9.17) is 10.9 Å². The van der Waals surface area contributed by atoms with Gasteiger partial charge in [0.1, 0.15) is 0 Å². The van der Waals surface area contributed by atoms with Gasteiger partial charge < -0.3 is 16.3 Å². The highest BCUT2D eigenvalue weighted by Crippen LogP contribution is 2.07. The number of thiophene rings is 1. The normalized spacial score (nSPS) is 13.4. The van der Waals surface area contributed by atoms with E-state index in [1.54, 1.807) is 11.3 Å². The van der Waals surface area contributed by atoms with Gasteiger partial charge in [-0.1, -0.05) is 12.1 Å². The van der Waals surface area contributed by atoms with Crippen LogP contribution in [0.25, 0.3) is 0 Å². The predicted molar refractivity (Wildman–Crippen MR) is 63.4 cm³/mol. The summed E-state index contributed by atoms with van der Waals surface area (Å²) in [5.74, 6) is -0.835. The van der Waals surface area contributed by atoms with Crippen LogP contribution in [0.1, 0.15) is 18.9 Å². The third-order valence-corrected chi connectivity index (χ3v) is 2.98. The molecule has 16 heavy (non-hydrogen) atoms. The first-order valence-electron chi connectivity index (χ1n) is 4.95. The molecule has 0 aliphatic carbocycles. The molecular weight excluding hydrogens is 226 g/mol. The molecule has 6 heteroatoms. The lowest BCUT2D eigenvalue weighted by Gasteiger charge is -2.12. The zero-order valence-corrected chi connectivity index (χ0v) is 9.83. The number of carbonyl (C=O) groups is 1. The quantitative estimate of drug-likeness (QED) is 0.312. The summed E-state index contributed by atoms with van der Waals surface area (Å²) < 4.78 is 0. The van der Waals surface area contributed by atoms with Crippen LogP contribution in [0.2, 0.25) is 0 Å². The molecule has 1 atom stereocenters. The Morgan fingerprint density at radius 1 is 1.75 bits per heavy atom. The molecule has 0 bridgehead atoms. The Balaban J connectivity index is 2.50. The first-order chi connectivity index (χ1) is 7.69. The number of amides is 1. The number of nitrogens with one attached hydrogen (secondary N) is 1. The maximum Gasteiger partial charge on any atom is 0.231 e. The summed E-state index contributed by atoms with van der Waals surface area (Å²) in [6, 6.07) is 1.94. The van der Waals surface area contributed by atoms with E-state index in [0.717, 1.165) is 5.56 Å². The van der Waals surface area contributed by atoms with E-state index in [2.05, 4.69) is 10.5 Å². The number of oxime groups is 1. The van der Waals surface area contributed by atoms with Crippen molar-refractivity contribution in [3.05, 3.63) is 22.4 Å². The number of nitrogens with zero attached hydrogens (tertiary/aromatic N) is 1. The molecule has 0 aliphatic heterocycles. The maximum absolute atomic E-state index is 11.7. The van der Waals surface area contributed by atoms with Gasteiger partial charge >= 0.3 is 0 Å². The van der Waals surface area contributed by atoms with Crippen LogP contribution >= 0.6 is 11.3 Å². The summed E-state index contributed by atoms with van der Waals surface area (Å²) in [6.07, 6.45) is 0.505. The largest absolute Gasteiger partial charge is 0.409 e. The fourth-order valence-electron chi connectivity index (χ4n) is 1.30. The second kappa shape index (κ2) is 6.12. The van der Waals surface area contributed by atoms with Crippen molar-refractivity contribution in [3.8, 4) is 0 Å². The highest BCUT2D eigenvalue weighted by molar-refractivity contribution is 7.07. The van der Waals surface area contributed by atoms with Gasteiger partial charge in [-0.05, 0) is 28.8 Å². The summed E-state index contributed by atoms with van der Waals surface area (Å²) in [5, 5.41) is 18.0. The van der Waals surface area contributed by atoms with Crippen molar-refractivity contribution in [3.63, 3.8) is 0 Å². The second-order valence-corrected chi connectivity index (χ2v) is 4.12. The minimum absolute atomic E-state index is 0.0506. The van der Waals surface area contributed by atoms with Gasteiger partial charge in [0.2, 0.25) is 5.91 Å². The van der Waals surface area contributed by atoms with Gasteiger partial charge in [-0.25, -0.2) is 0 Å². The maximum atomic E-state index is 11.7. The van der Waals surface area contributed by atoms with Crippen LogP contribution < -0.4 is 11.1 Å². The third kappa shape index (κ3) is 3.23. The molecular formula is C10H15N3O2S. The van der Waals surface area contributed by atoms with Gasteiger partial charge in [0.05, 0.1) is 5.92 Å². The van der Waals surface area contributed by atoms with Gasteiger partial charge in [-0.2, -0.15) is 11.3 Å². The molecule has 0 saturated heterocycles. The van der Waals surface area contributed by atoms with Crippen LogP contribution in [-0.4, -0.2) is 17.0 Å². The number of amidine groups is 1. The Kier molecular flexibility index (Phi) is 4.78. The Morgan fingerprint density at radius 2 is 2.50 bits per heavy atom. The number of hydrogen-bond donors (Lipinski definition) is 3. The fourth-order valence-corrected chi connectivity index (χ4v) is 1.97.